The van der Waals surface area contributed by atoms with Crippen LogP contribution in [0.3, 0.4) is 0 Å². The molecule has 0 unspecified atom stereocenters. The highest BCUT2D eigenvalue weighted by molar-refractivity contribution is 9.10. The van der Waals surface area contributed by atoms with Crippen LogP contribution in [0.25, 0.3) is 22.5 Å². The number of benzene rings is 2. The lowest BCUT2D eigenvalue weighted by atomic mass is 10.0. The van der Waals surface area contributed by atoms with Crippen molar-refractivity contribution in [2.75, 3.05) is 5.73 Å². The van der Waals surface area contributed by atoms with E-state index in [1.54, 1.807) is 0 Å². The molecule has 0 amide bonds. The molecule has 0 saturated carbocycles. The van der Waals surface area contributed by atoms with Gasteiger partial charge >= 0.3 is 0 Å². The average molecular weight is 408 g/mol. The summed E-state index contributed by atoms with van der Waals surface area (Å²) in [5.41, 5.74) is 9.88. The molecule has 0 saturated heterocycles. The van der Waals surface area contributed by atoms with E-state index in [1.807, 2.05) is 49.4 Å². The molecule has 0 atom stereocenters. The molecule has 0 aliphatic rings. The Bertz CT molecular complexity index is 795. The maximum Gasteiger partial charge on any atom is 0.176 e. The lowest BCUT2D eigenvalue weighted by molar-refractivity contribution is 0.436. The quantitative estimate of drug-likeness (QED) is 0.616. The van der Waals surface area contributed by atoms with Gasteiger partial charge in [-0.05, 0) is 48.4 Å². The zero-order chi connectivity index (χ0) is 15.0. The van der Waals surface area contributed by atoms with Gasteiger partial charge in [-0.2, -0.15) is 0 Å². The van der Waals surface area contributed by atoms with Gasteiger partial charge in [-0.15, -0.1) is 0 Å². The minimum Gasteiger partial charge on any atom is -0.380 e. The van der Waals surface area contributed by atoms with Crippen molar-refractivity contribution in [2.45, 2.75) is 6.92 Å². The molecule has 0 fully saturated rings. The van der Waals surface area contributed by atoms with Gasteiger partial charge in [0.1, 0.15) is 0 Å². The normalized spacial score (nSPS) is 10.8. The molecule has 21 heavy (non-hydrogen) atoms. The first-order valence-electron chi connectivity index (χ1n) is 6.34. The maximum absolute atomic E-state index is 5.99. The average Bonchev–Trinajstić information content (AvgIpc) is 2.85. The van der Waals surface area contributed by atoms with Crippen LogP contribution in [0.15, 0.2) is 55.9 Å². The Morgan fingerprint density at radius 2 is 1.67 bits per heavy atom. The van der Waals surface area contributed by atoms with Crippen molar-refractivity contribution in [1.29, 1.82) is 0 Å². The minimum absolute atomic E-state index is 0.396. The van der Waals surface area contributed by atoms with Gasteiger partial charge in [0.2, 0.25) is 0 Å². The van der Waals surface area contributed by atoms with E-state index >= 15 is 0 Å². The van der Waals surface area contributed by atoms with E-state index in [-0.39, 0.29) is 0 Å². The van der Waals surface area contributed by atoms with E-state index in [1.165, 1.54) is 0 Å². The third-order valence-corrected chi connectivity index (χ3v) is 4.69. The molecular formula is C16H12Br2N2O. The van der Waals surface area contributed by atoms with Crippen LogP contribution in [-0.4, -0.2) is 5.16 Å². The number of nitrogens with two attached hydrogens (primary N) is 1. The van der Waals surface area contributed by atoms with Crippen LogP contribution in [0.4, 0.5) is 5.82 Å². The van der Waals surface area contributed by atoms with Gasteiger partial charge in [-0.25, -0.2) is 0 Å². The van der Waals surface area contributed by atoms with Crippen molar-refractivity contribution in [3.63, 3.8) is 0 Å². The molecule has 2 N–H and O–H groups in total. The van der Waals surface area contributed by atoms with Crippen LogP contribution in [0.5, 0.6) is 0 Å². The van der Waals surface area contributed by atoms with Crippen LogP contribution >= 0.6 is 31.9 Å². The highest BCUT2D eigenvalue weighted by atomic mass is 79.9. The molecule has 106 valence electrons. The predicted molar refractivity (Wildman–Crippen MR) is 91.9 cm³/mol. The number of halogens is 2. The molecular weight excluding hydrogens is 396 g/mol. The van der Waals surface area contributed by atoms with E-state index in [2.05, 4.69) is 37.0 Å². The molecule has 2 aromatic carbocycles. The van der Waals surface area contributed by atoms with Gasteiger partial charge < -0.3 is 10.3 Å². The van der Waals surface area contributed by atoms with Crippen molar-refractivity contribution in [3.8, 4) is 22.5 Å². The number of aryl methyl sites for hydroxylation is 1. The highest BCUT2D eigenvalue weighted by Gasteiger charge is 2.18. The van der Waals surface area contributed by atoms with Gasteiger partial charge in [0.25, 0.3) is 0 Å². The predicted octanol–water partition coefficient (Wildman–Crippen LogP) is 5.42. The largest absolute Gasteiger partial charge is 0.380 e. The summed E-state index contributed by atoms with van der Waals surface area (Å²) in [6, 6.07) is 13.9. The number of nitrogens with zero attached hydrogens (tertiary/aromatic N) is 1. The molecule has 0 spiro atoms. The third kappa shape index (κ3) is 2.76. The second kappa shape index (κ2) is 5.66. The number of anilines is 1. The fourth-order valence-corrected chi connectivity index (χ4v) is 2.69. The van der Waals surface area contributed by atoms with Crippen LogP contribution in [0, 0.1) is 6.92 Å². The standard InChI is InChI=1S/C16H12Br2N2O/c1-9-8-11(4-7-13(9)18)15-14(16(19)20-21-15)10-2-5-12(17)6-3-10/h2-8H,1H3,(H2,19,20). The number of hydrogen-bond acceptors (Lipinski definition) is 3. The topological polar surface area (TPSA) is 52.0 Å². The highest BCUT2D eigenvalue weighted by Crippen LogP contribution is 2.37. The summed E-state index contributed by atoms with van der Waals surface area (Å²) in [6.07, 6.45) is 0. The Kier molecular flexibility index (Phi) is 3.87. The summed E-state index contributed by atoms with van der Waals surface area (Å²) in [5, 5.41) is 3.92. The van der Waals surface area contributed by atoms with Gasteiger partial charge in [0, 0.05) is 14.5 Å². The number of hydrogen-bond donors (Lipinski definition) is 1. The van der Waals surface area contributed by atoms with Crippen LogP contribution in [0.2, 0.25) is 0 Å². The molecule has 0 bridgehead atoms. The minimum atomic E-state index is 0.396. The van der Waals surface area contributed by atoms with Crippen molar-refractivity contribution in [1.82, 2.24) is 5.16 Å². The fraction of sp³-hybridized carbons (Fsp3) is 0.0625. The molecule has 0 aliphatic heterocycles. The molecule has 3 aromatic rings. The summed E-state index contributed by atoms with van der Waals surface area (Å²) < 4.78 is 7.53. The van der Waals surface area contributed by atoms with Gasteiger partial charge in [-0.3, -0.25) is 0 Å². The second-order valence-electron chi connectivity index (χ2n) is 4.74. The summed E-state index contributed by atoms with van der Waals surface area (Å²) >= 11 is 6.94. The lowest BCUT2D eigenvalue weighted by Crippen LogP contribution is -1.89. The summed E-state index contributed by atoms with van der Waals surface area (Å²) in [7, 11) is 0. The zero-order valence-corrected chi connectivity index (χ0v) is 14.4. The Morgan fingerprint density at radius 1 is 1.00 bits per heavy atom. The van der Waals surface area contributed by atoms with Gasteiger partial charge in [-0.1, -0.05) is 49.1 Å². The number of aromatic nitrogens is 1. The smallest absolute Gasteiger partial charge is 0.176 e. The molecule has 0 radical (unpaired) electrons. The van der Waals surface area contributed by atoms with E-state index in [0.717, 1.165) is 31.2 Å². The van der Waals surface area contributed by atoms with Crippen LogP contribution in [0.1, 0.15) is 5.56 Å². The first-order chi connectivity index (χ1) is 10.1. The Labute approximate surface area is 139 Å². The van der Waals surface area contributed by atoms with Crippen LogP contribution in [-0.2, 0) is 0 Å². The number of nitrogen functional groups attached to an aromatic ring is 1. The lowest BCUT2D eigenvalue weighted by Gasteiger charge is -2.05. The fourth-order valence-electron chi connectivity index (χ4n) is 2.18. The van der Waals surface area contributed by atoms with Crippen molar-refractivity contribution in [2.24, 2.45) is 0 Å². The van der Waals surface area contributed by atoms with E-state index < -0.39 is 0 Å². The monoisotopic (exact) mass is 406 g/mol. The van der Waals surface area contributed by atoms with E-state index in [9.17, 15) is 0 Å². The van der Waals surface area contributed by atoms with Crippen molar-refractivity contribution >= 4 is 37.7 Å². The summed E-state index contributed by atoms with van der Waals surface area (Å²) in [5.74, 6) is 1.08. The molecule has 0 aliphatic carbocycles. The Balaban J connectivity index is 2.16. The third-order valence-electron chi connectivity index (χ3n) is 3.27. The zero-order valence-electron chi connectivity index (χ0n) is 11.2. The Hall–Kier alpha value is -1.59. The van der Waals surface area contributed by atoms with Gasteiger partial charge in [0.05, 0.1) is 5.56 Å². The summed E-state index contributed by atoms with van der Waals surface area (Å²) in [6.45, 7) is 2.03. The maximum atomic E-state index is 5.99. The summed E-state index contributed by atoms with van der Waals surface area (Å²) in [4.78, 5) is 0. The van der Waals surface area contributed by atoms with E-state index in [4.69, 9.17) is 10.3 Å². The molecule has 1 heterocycles. The SMILES string of the molecule is Cc1cc(-c2onc(N)c2-c2ccc(Br)cc2)ccc1Br. The molecule has 1 aromatic heterocycles. The second-order valence-corrected chi connectivity index (χ2v) is 6.51. The molecule has 5 heteroatoms. The Morgan fingerprint density at radius 3 is 2.33 bits per heavy atom. The van der Waals surface area contributed by atoms with Gasteiger partial charge in [0.15, 0.2) is 11.6 Å². The first-order valence-corrected chi connectivity index (χ1v) is 7.92. The number of rotatable bonds is 2. The molecule has 3 rings (SSSR count). The van der Waals surface area contributed by atoms with Crippen molar-refractivity contribution < 1.29 is 4.52 Å². The first kappa shape index (κ1) is 14.4. The molecule has 3 nitrogen and oxygen atoms in total. The van der Waals surface area contributed by atoms with Crippen molar-refractivity contribution in [3.05, 3.63) is 57.0 Å². The van der Waals surface area contributed by atoms with Crippen LogP contribution < -0.4 is 5.73 Å². The van der Waals surface area contributed by atoms with E-state index in [0.29, 0.717) is 11.6 Å².